The number of rotatable bonds is 2. The van der Waals surface area contributed by atoms with Crippen molar-refractivity contribution in [3.8, 4) is 0 Å². The van der Waals surface area contributed by atoms with Crippen LogP contribution in [0, 0.1) is 11.7 Å². The minimum absolute atomic E-state index is 0.0198. The molecule has 1 N–H and O–H groups in total. The van der Waals surface area contributed by atoms with Crippen LogP contribution in [0.2, 0.25) is 0 Å². The Labute approximate surface area is 95.1 Å². The zero-order valence-corrected chi connectivity index (χ0v) is 9.61. The molecule has 1 aromatic rings. The number of halogens is 1. The molecule has 0 saturated carbocycles. The van der Waals surface area contributed by atoms with Crippen molar-refractivity contribution in [1.29, 1.82) is 0 Å². The predicted molar refractivity (Wildman–Crippen MR) is 59.7 cm³/mol. The summed E-state index contributed by atoms with van der Waals surface area (Å²) in [7, 11) is 0. The van der Waals surface area contributed by atoms with Crippen molar-refractivity contribution in [3.05, 3.63) is 35.6 Å². The SMILES string of the molecule is CC1OCC(C)(c2ccccc2F)C1CO. The highest BCUT2D eigenvalue weighted by atomic mass is 19.1. The number of ether oxygens (including phenoxy) is 1. The monoisotopic (exact) mass is 224 g/mol. The summed E-state index contributed by atoms with van der Waals surface area (Å²) >= 11 is 0. The van der Waals surface area contributed by atoms with Crippen LogP contribution in [-0.4, -0.2) is 24.4 Å². The van der Waals surface area contributed by atoms with Crippen molar-refractivity contribution in [3.63, 3.8) is 0 Å². The van der Waals surface area contributed by atoms with Gasteiger partial charge in [-0.3, -0.25) is 0 Å². The summed E-state index contributed by atoms with van der Waals surface area (Å²) < 4.78 is 19.3. The Hall–Kier alpha value is -0.930. The highest BCUT2D eigenvalue weighted by Crippen LogP contribution is 2.41. The van der Waals surface area contributed by atoms with Gasteiger partial charge in [0.15, 0.2) is 0 Å². The lowest BCUT2D eigenvalue weighted by Gasteiger charge is -2.30. The normalized spacial score (nSPS) is 34.2. The highest BCUT2D eigenvalue weighted by Gasteiger charge is 2.46. The maximum Gasteiger partial charge on any atom is 0.127 e. The van der Waals surface area contributed by atoms with Gasteiger partial charge in [-0.15, -0.1) is 0 Å². The van der Waals surface area contributed by atoms with Gasteiger partial charge >= 0.3 is 0 Å². The molecule has 1 aliphatic rings. The molecule has 0 radical (unpaired) electrons. The molecule has 1 heterocycles. The van der Waals surface area contributed by atoms with Gasteiger partial charge < -0.3 is 9.84 Å². The Balaban J connectivity index is 2.42. The lowest BCUT2D eigenvalue weighted by atomic mass is 9.72. The van der Waals surface area contributed by atoms with Crippen LogP contribution in [0.25, 0.3) is 0 Å². The van der Waals surface area contributed by atoms with Gasteiger partial charge in [-0.05, 0) is 18.6 Å². The van der Waals surface area contributed by atoms with Gasteiger partial charge in [0.05, 0.1) is 12.7 Å². The third-order valence-corrected chi connectivity index (χ3v) is 3.72. The highest BCUT2D eigenvalue weighted by molar-refractivity contribution is 5.29. The predicted octanol–water partition coefficient (Wildman–Crippen LogP) is 2.11. The number of aliphatic hydroxyl groups excluding tert-OH is 1. The molecule has 0 spiro atoms. The van der Waals surface area contributed by atoms with Crippen LogP contribution in [0.15, 0.2) is 24.3 Å². The number of hydrogen-bond acceptors (Lipinski definition) is 2. The first-order chi connectivity index (χ1) is 7.59. The second-order valence-corrected chi connectivity index (χ2v) is 4.70. The maximum absolute atomic E-state index is 13.8. The van der Waals surface area contributed by atoms with E-state index in [1.54, 1.807) is 12.1 Å². The van der Waals surface area contributed by atoms with Crippen LogP contribution >= 0.6 is 0 Å². The van der Waals surface area contributed by atoms with Crippen molar-refractivity contribution < 1.29 is 14.2 Å². The zero-order chi connectivity index (χ0) is 11.8. The summed E-state index contributed by atoms with van der Waals surface area (Å²) in [4.78, 5) is 0. The van der Waals surface area contributed by atoms with Gasteiger partial charge in [-0.2, -0.15) is 0 Å². The molecule has 2 rings (SSSR count). The topological polar surface area (TPSA) is 29.5 Å². The quantitative estimate of drug-likeness (QED) is 0.833. The molecule has 0 aromatic heterocycles. The van der Waals surface area contributed by atoms with Crippen LogP contribution in [0.3, 0.4) is 0 Å². The molecule has 3 atom stereocenters. The molecule has 1 fully saturated rings. The fourth-order valence-corrected chi connectivity index (χ4v) is 2.60. The van der Waals surface area contributed by atoms with Gasteiger partial charge in [-0.25, -0.2) is 4.39 Å². The van der Waals surface area contributed by atoms with Gasteiger partial charge in [0.1, 0.15) is 5.82 Å². The summed E-state index contributed by atoms with van der Waals surface area (Å²) in [5.41, 5.74) is 0.206. The molecule has 0 amide bonds. The molecular weight excluding hydrogens is 207 g/mol. The van der Waals surface area contributed by atoms with Gasteiger partial charge in [0.25, 0.3) is 0 Å². The van der Waals surface area contributed by atoms with E-state index in [0.29, 0.717) is 12.2 Å². The van der Waals surface area contributed by atoms with Gasteiger partial charge in [0.2, 0.25) is 0 Å². The number of aliphatic hydroxyl groups is 1. The average Bonchev–Trinajstić information content (AvgIpc) is 2.56. The van der Waals surface area contributed by atoms with E-state index in [9.17, 15) is 9.50 Å². The Morgan fingerprint density at radius 1 is 1.50 bits per heavy atom. The van der Waals surface area contributed by atoms with E-state index in [4.69, 9.17) is 4.74 Å². The molecule has 3 heteroatoms. The van der Waals surface area contributed by atoms with E-state index in [2.05, 4.69) is 0 Å². The van der Waals surface area contributed by atoms with E-state index in [1.165, 1.54) is 6.07 Å². The van der Waals surface area contributed by atoms with Crippen LogP contribution in [-0.2, 0) is 10.2 Å². The standard InChI is InChI=1S/C13H17FO2/c1-9-11(7-15)13(2,8-16-9)10-5-3-4-6-12(10)14/h3-6,9,11,15H,7-8H2,1-2H3. The largest absolute Gasteiger partial charge is 0.396 e. The number of hydrogen-bond donors (Lipinski definition) is 1. The third-order valence-electron chi connectivity index (χ3n) is 3.72. The Morgan fingerprint density at radius 3 is 2.81 bits per heavy atom. The molecule has 2 nitrogen and oxygen atoms in total. The van der Waals surface area contributed by atoms with Crippen LogP contribution in [0.1, 0.15) is 19.4 Å². The lowest BCUT2D eigenvalue weighted by Crippen LogP contribution is -2.36. The fraction of sp³-hybridized carbons (Fsp3) is 0.538. The molecule has 16 heavy (non-hydrogen) atoms. The van der Waals surface area contributed by atoms with Crippen molar-refractivity contribution >= 4 is 0 Å². The van der Waals surface area contributed by atoms with Crippen molar-refractivity contribution in [2.45, 2.75) is 25.4 Å². The second-order valence-electron chi connectivity index (χ2n) is 4.70. The van der Waals surface area contributed by atoms with Crippen LogP contribution in [0.5, 0.6) is 0 Å². The number of benzene rings is 1. The second kappa shape index (κ2) is 4.15. The molecular formula is C13H17FO2. The Kier molecular flexibility index (Phi) is 3.00. The van der Waals surface area contributed by atoms with E-state index in [1.807, 2.05) is 19.9 Å². The van der Waals surface area contributed by atoms with E-state index in [-0.39, 0.29) is 24.4 Å². The molecule has 1 aromatic carbocycles. The van der Waals surface area contributed by atoms with Gasteiger partial charge in [0, 0.05) is 17.9 Å². The summed E-state index contributed by atoms with van der Waals surface area (Å²) in [5, 5.41) is 9.42. The Bertz CT molecular complexity index is 380. The van der Waals surface area contributed by atoms with Crippen molar-refractivity contribution in [1.82, 2.24) is 0 Å². The summed E-state index contributed by atoms with van der Waals surface area (Å²) in [5.74, 6) is -0.273. The van der Waals surface area contributed by atoms with Gasteiger partial charge in [-0.1, -0.05) is 25.1 Å². The first-order valence-corrected chi connectivity index (χ1v) is 5.57. The maximum atomic E-state index is 13.8. The summed E-state index contributed by atoms with van der Waals surface area (Å²) in [6.45, 7) is 4.36. The third kappa shape index (κ3) is 1.64. The fourth-order valence-electron chi connectivity index (χ4n) is 2.60. The van der Waals surface area contributed by atoms with Crippen LogP contribution < -0.4 is 0 Å². The van der Waals surface area contributed by atoms with Crippen LogP contribution in [0.4, 0.5) is 4.39 Å². The average molecular weight is 224 g/mol. The van der Waals surface area contributed by atoms with E-state index >= 15 is 0 Å². The van der Waals surface area contributed by atoms with E-state index in [0.717, 1.165) is 0 Å². The molecule has 1 saturated heterocycles. The molecule has 0 bridgehead atoms. The summed E-state index contributed by atoms with van der Waals surface area (Å²) in [6.07, 6.45) is -0.0328. The smallest absolute Gasteiger partial charge is 0.127 e. The lowest BCUT2D eigenvalue weighted by molar-refractivity contribution is 0.0862. The Morgan fingerprint density at radius 2 is 2.19 bits per heavy atom. The minimum atomic E-state index is -0.431. The first-order valence-electron chi connectivity index (χ1n) is 5.57. The first kappa shape index (κ1) is 11.6. The van der Waals surface area contributed by atoms with Crippen molar-refractivity contribution in [2.24, 2.45) is 5.92 Å². The minimum Gasteiger partial charge on any atom is -0.396 e. The van der Waals surface area contributed by atoms with Crippen molar-refractivity contribution in [2.75, 3.05) is 13.2 Å². The summed E-state index contributed by atoms with van der Waals surface area (Å²) in [6, 6.07) is 6.73. The molecule has 1 aliphatic heterocycles. The van der Waals surface area contributed by atoms with E-state index < -0.39 is 5.41 Å². The molecule has 3 unspecified atom stereocenters. The molecule has 88 valence electrons. The molecule has 0 aliphatic carbocycles. The zero-order valence-electron chi connectivity index (χ0n) is 9.61.